The van der Waals surface area contributed by atoms with E-state index in [-0.39, 0.29) is 34.4 Å². The molecule has 74 heavy (non-hydrogen) atoms. The first-order valence-electron chi connectivity index (χ1n) is 25.1. The van der Waals surface area contributed by atoms with Crippen molar-refractivity contribution in [1.82, 2.24) is 29.4 Å². The van der Waals surface area contributed by atoms with Gasteiger partial charge in [-0.05, 0) is 86.8 Å². The number of unbranched alkanes of at least 4 members (excludes halogenated alkanes) is 3. The number of imidazole rings is 1. The molecular weight excluding hydrogens is 1000 g/mol. The maximum Gasteiger partial charge on any atom is 0.470 e. The number of hydrogen-bond donors (Lipinski definition) is 8. The van der Waals surface area contributed by atoms with Crippen LogP contribution in [0.5, 0.6) is 11.5 Å². The van der Waals surface area contributed by atoms with Gasteiger partial charge in [0.1, 0.15) is 49.2 Å². The van der Waals surface area contributed by atoms with E-state index in [0.717, 1.165) is 112 Å². The Morgan fingerprint density at radius 2 is 1.62 bits per heavy atom. The predicted molar refractivity (Wildman–Crippen MR) is 265 cm³/mol. The van der Waals surface area contributed by atoms with E-state index >= 15 is 0 Å². The van der Waals surface area contributed by atoms with Crippen LogP contribution in [0.3, 0.4) is 0 Å². The first-order chi connectivity index (χ1) is 35.5. The molecule has 0 saturated carbocycles. The van der Waals surface area contributed by atoms with Gasteiger partial charge in [0.25, 0.3) is 5.91 Å². The molecular formula is C49H57N9O14P2. The van der Waals surface area contributed by atoms with Gasteiger partial charge >= 0.3 is 15.6 Å². The SMILES string of the molecule is Nc1ncnc2c1nc(NCCCCCCNC(=O)c1ccc(C(=O)[O-])c(C3=c4cc5c6c(c4Oc4c3cc3c7c4CCCN7CCC3)CCC[N+]=6CCC5)c1)n2[C@@H]1O[C@H](COP(=O)(O)O)[C@@H](OP(=O)(O)O)[C@H]1O. The van der Waals surface area contributed by atoms with Gasteiger partial charge < -0.3 is 65.3 Å². The molecule has 8 heterocycles. The number of aromatic nitrogens is 4. The summed E-state index contributed by atoms with van der Waals surface area (Å²) >= 11 is 0. The zero-order chi connectivity index (χ0) is 51.6. The number of carboxylic acid groups (broad SMARTS) is 1. The molecule has 6 aliphatic heterocycles. The summed E-state index contributed by atoms with van der Waals surface area (Å²) in [6, 6.07) is 9.10. The lowest BCUT2D eigenvalue weighted by molar-refractivity contribution is -0.255. The van der Waals surface area contributed by atoms with Crippen LogP contribution < -0.4 is 46.3 Å². The Bertz CT molecular complexity index is 3340. The van der Waals surface area contributed by atoms with Crippen LogP contribution in [0, 0.1) is 0 Å². The highest BCUT2D eigenvalue weighted by Crippen LogP contribution is 2.50. The molecule has 1 saturated heterocycles. The molecule has 3 aromatic carbocycles. The molecule has 0 aliphatic carbocycles. The Kier molecular flexibility index (Phi) is 13.6. The topological polar surface area (TPSA) is 329 Å². The van der Waals surface area contributed by atoms with Crippen molar-refractivity contribution >= 4 is 61.7 Å². The summed E-state index contributed by atoms with van der Waals surface area (Å²) in [6.45, 7) is 3.73. The molecule has 9 N–H and O–H groups in total. The third kappa shape index (κ3) is 9.59. The van der Waals surface area contributed by atoms with Crippen molar-refractivity contribution in [1.29, 1.82) is 0 Å². The molecule has 0 radical (unpaired) electrons. The molecule has 23 nitrogen and oxygen atoms in total. The quantitative estimate of drug-likeness (QED) is 0.0364. The van der Waals surface area contributed by atoms with E-state index in [4.69, 9.17) is 19.7 Å². The largest absolute Gasteiger partial charge is 0.545 e. The summed E-state index contributed by atoms with van der Waals surface area (Å²) in [5.41, 5.74) is 14.7. The smallest absolute Gasteiger partial charge is 0.470 e. The van der Waals surface area contributed by atoms with Crippen LogP contribution in [-0.4, -0.2) is 120 Å². The Morgan fingerprint density at radius 1 is 0.878 bits per heavy atom. The fraction of sp³-hybridized carbons (Fsp3) is 0.469. The first kappa shape index (κ1) is 50.3. The van der Waals surface area contributed by atoms with Crippen molar-refractivity contribution in [3.05, 3.63) is 91.7 Å². The number of nitrogens with zero attached hydrogens (tertiary/aromatic N) is 6. The molecule has 4 atom stereocenters. The average molecular weight is 1060 g/mol. The third-order valence-corrected chi connectivity index (χ3v) is 15.9. The summed E-state index contributed by atoms with van der Waals surface area (Å²) in [6.07, 6.45) is 4.64. The van der Waals surface area contributed by atoms with Gasteiger partial charge in [0.15, 0.2) is 23.2 Å². The minimum Gasteiger partial charge on any atom is -0.545 e. The Hall–Kier alpha value is -5.84. The standard InChI is InChI=1S/C49H57N9O14P2/c50-44-37-45(54-25-53-44)58(47-40(59)43(72-74(66,67)68)35(70-47)24-69-73(63,64)65)49(55-37)52-16-4-2-1-3-15-51-46(60)28-13-14-29(48(61)62)32(23-28)36-33-21-26-9-5-17-56-19-7-11-30(38(26)56)41(33)71-42-31-12-8-20-57-18-6-10-27(39(31)57)22-34(36)42/h13-14,21-23,25,35,40,43,47,59H,1-12,15-20,24H2,(H8-,50,51,52,53,54,55,60,61,62,63,64,65,66,67,68)/t35-,40-,43-,47-/m1/s1. The summed E-state index contributed by atoms with van der Waals surface area (Å²) in [7, 11) is -10.3. The number of nitrogens with two attached hydrogens (primary N) is 1. The number of carbonyl (C=O) groups is 2. The van der Waals surface area contributed by atoms with Gasteiger partial charge in [-0.2, -0.15) is 0 Å². The second kappa shape index (κ2) is 20.0. The number of fused-ring (bicyclic) bond motifs is 5. The summed E-state index contributed by atoms with van der Waals surface area (Å²) < 4.78 is 49.4. The van der Waals surface area contributed by atoms with E-state index in [9.17, 15) is 48.5 Å². The monoisotopic (exact) mass is 1060 g/mol. The summed E-state index contributed by atoms with van der Waals surface area (Å²) in [4.78, 5) is 79.9. The van der Waals surface area contributed by atoms with Crippen molar-refractivity contribution in [2.45, 2.75) is 102 Å². The van der Waals surface area contributed by atoms with Gasteiger partial charge in [-0.3, -0.25) is 18.4 Å². The van der Waals surface area contributed by atoms with Crippen LogP contribution in [0.25, 0.3) is 16.7 Å². The van der Waals surface area contributed by atoms with Crippen LogP contribution in [0.4, 0.5) is 17.5 Å². The Labute approximate surface area is 423 Å². The molecule has 6 aliphatic rings. The number of nitrogen functional groups attached to an aromatic ring is 1. The number of aliphatic hydroxyl groups is 1. The molecule has 392 valence electrons. The maximum atomic E-state index is 14.0. The number of benzene rings is 3. The van der Waals surface area contributed by atoms with Crippen molar-refractivity contribution in [3.63, 3.8) is 0 Å². The van der Waals surface area contributed by atoms with Crippen LogP contribution in [0.2, 0.25) is 0 Å². The lowest BCUT2D eigenvalue weighted by Crippen LogP contribution is -2.45. The Balaban J connectivity index is 0.799. The number of aliphatic hydroxyl groups excluding tert-OH is 1. The number of aryl methyl sites for hydroxylation is 2. The van der Waals surface area contributed by atoms with Gasteiger partial charge in [0, 0.05) is 83.3 Å². The van der Waals surface area contributed by atoms with E-state index in [1.54, 1.807) is 6.07 Å². The first-order valence-corrected chi connectivity index (χ1v) is 28.2. The maximum absolute atomic E-state index is 14.0. The normalized spacial score (nSPS) is 20.9. The molecule has 0 spiro atoms. The number of phosphoric acid groups is 2. The molecule has 11 rings (SSSR count). The number of carboxylic acids is 1. The van der Waals surface area contributed by atoms with Crippen molar-refractivity contribution in [3.8, 4) is 11.5 Å². The molecule has 5 aromatic rings. The van der Waals surface area contributed by atoms with E-state index in [1.807, 2.05) is 0 Å². The van der Waals surface area contributed by atoms with Crippen LogP contribution >= 0.6 is 15.6 Å². The lowest BCUT2D eigenvalue weighted by Gasteiger charge is -2.39. The number of anilines is 3. The highest BCUT2D eigenvalue weighted by molar-refractivity contribution is 7.46. The number of carbonyl (C=O) groups excluding carboxylic acids is 2. The van der Waals surface area contributed by atoms with Crippen LogP contribution in [0.15, 0.2) is 36.7 Å². The number of rotatable bonds is 17. The number of phosphoric ester groups is 2. The van der Waals surface area contributed by atoms with E-state index in [1.165, 1.54) is 50.0 Å². The fourth-order valence-electron chi connectivity index (χ4n) is 11.8. The third-order valence-electron chi connectivity index (χ3n) is 14.9. The molecule has 1 amide bonds. The van der Waals surface area contributed by atoms with E-state index in [0.29, 0.717) is 49.9 Å². The minimum atomic E-state index is -5.25. The molecule has 0 bridgehead atoms. The van der Waals surface area contributed by atoms with Crippen molar-refractivity contribution in [2.24, 2.45) is 0 Å². The van der Waals surface area contributed by atoms with Gasteiger partial charge in [0.05, 0.1) is 18.1 Å². The number of hydrogen-bond acceptors (Lipinski definition) is 16. The predicted octanol–water partition coefficient (Wildman–Crippen LogP) is 1.46. The average Bonchev–Trinajstić information content (AvgIpc) is 3.90. The second-order valence-corrected chi connectivity index (χ2v) is 22.1. The zero-order valence-corrected chi connectivity index (χ0v) is 42.1. The van der Waals surface area contributed by atoms with E-state index in [2.05, 4.69) is 51.7 Å². The number of aromatic carboxylic acids is 1. The highest BCUT2D eigenvalue weighted by Gasteiger charge is 2.50. The molecule has 0 unspecified atom stereocenters. The number of nitrogens with one attached hydrogen (secondary N) is 2. The summed E-state index contributed by atoms with van der Waals surface area (Å²) in [5.74, 6) is -0.0475. The number of ether oxygens (including phenoxy) is 2. The van der Waals surface area contributed by atoms with E-state index < -0.39 is 52.8 Å². The summed E-state index contributed by atoms with van der Waals surface area (Å²) in [5, 5.41) is 32.7. The second-order valence-electron chi connectivity index (χ2n) is 19.6. The lowest BCUT2D eigenvalue weighted by atomic mass is 9.81. The zero-order valence-electron chi connectivity index (χ0n) is 40.3. The minimum absolute atomic E-state index is 0.000983. The van der Waals surface area contributed by atoms with Gasteiger partial charge in [-0.15, -0.1) is 0 Å². The van der Waals surface area contributed by atoms with Crippen LogP contribution in [0.1, 0.15) is 112 Å². The molecule has 25 heteroatoms. The van der Waals surface area contributed by atoms with Crippen molar-refractivity contribution in [2.75, 3.05) is 61.8 Å². The Morgan fingerprint density at radius 3 is 2.39 bits per heavy atom. The van der Waals surface area contributed by atoms with Gasteiger partial charge in [-0.25, -0.2) is 28.7 Å². The molecule has 2 aromatic heterocycles. The fourth-order valence-corrected chi connectivity index (χ4v) is 12.7. The highest BCUT2D eigenvalue weighted by atomic mass is 31.2. The van der Waals surface area contributed by atoms with Gasteiger partial charge in [0.2, 0.25) is 11.3 Å². The molecule has 1 fully saturated rings. The van der Waals surface area contributed by atoms with Crippen LogP contribution in [-0.2, 0) is 48.6 Å². The van der Waals surface area contributed by atoms with Crippen molar-refractivity contribution < 1.29 is 67.0 Å². The number of amides is 1. The van der Waals surface area contributed by atoms with Gasteiger partial charge in [-0.1, -0.05) is 18.9 Å².